The minimum absolute atomic E-state index is 0.118. The summed E-state index contributed by atoms with van der Waals surface area (Å²) < 4.78 is 5.24. The molecular formula is C15H15ClN2O2S. The fourth-order valence-corrected chi connectivity index (χ4v) is 2.64. The zero-order valence-electron chi connectivity index (χ0n) is 11.4. The van der Waals surface area contributed by atoms with Crippen LogP contribution in [0.1, 0.15) is 0 Å². The molecule has 0 bridgehead atoms. The number of anilines is 2. The summed E-state index contributed by atoms with van der Waals surface area (Å²) in [7, 11) is 1.61. The molecule has 0 unspecified atom stereocenters. The highest BCUT2D eigenvalue weighted by Gasteiger charge is 2.08. The lowest BCUT2D eigenvalue weighted by Crippen LogP contribution is -2.14. The highest BCUT2D eigenvalue weighted by atomic mass is 35.5. The molecule has 21 heavy (non-hydrogen) atoms. The molecule has 1 amide bonds. The average Bonchev–Trinajstić information content (AvgIpc) is 2.49. The number of thioether (sulfide) groups is 1. The summed E-state index contributed by atoms with van der Waals surface area (Å²) >= 11 is 7.25. The third-order valence-electron chi connectivity index (χ3n) is 2.71. The second-order valence-corrected chi connectivity index (χ2v) is 5.65. The highest BCUT2D eigenvalue weighted by molar-refractivity contribution is 8.00. The average molecular weight is 323 g/mol. The lowest BCUT2D eigenvalue weighted by molar-refractivity contribution is -0.113. The molecule has 2 rings (SSSR count). The number of carbonyl (C=O) groups excluding carboxylic acids is 1. The lowest BCUT2D eigenvalue weighted by Gasteiger charge is -2.09. The van der Waals surface area contributed by atoms with Crippen LogP contribution in [0.4, 0.5) is 11.4 Å². The minimum atomic E-state index is -0.118. The summed E-state index contributed by atoms with van der Waals surface area (Å²) in [6, 6.07) is 12.6. The molecule has 0 saturated carbocycles. The van der Waals surface area contributed by atoms with Crippen molar-refractivity contribution in [1.82, 2.24) is 0 Å². The van der Waals surface area contributed by atoms with Crippen LogP contribution in [0.2, 0.25) is 5.02 Å². The van der Waals surface area contributed by atoms with Crippen molar-refractivity contribution in [3.63, 3.8) is 0 Å². The fourth-order valence-electron chi connectivity index (χ4n) is 1.70. The maximum Gasteiger partial charge on any atom is 0.234 e. The molecule has 2 aromatic carbocycles. The number of nitrogen functional groups attached to an aromatic ring is 1. The number of rotatable bonds is 5. The summed E-state index contributed by atoms with van der Waals surface area (Å²) in [5.41, 5.74) is 6.76. The number of carbonyl (C=O) groups is 1. The first kappa shape index (κ1) is 15.5. The van der Waals surface area contributed by atoms with Gasteiger partial charge in [0.2, 0.25) is 5.91 Å². The van der Waals surface area contributed by atoms with Crippen molar-refractivity contribution in [3.05, 3.63) is 47.5 Å². The summed E-state index contributed by atoms with van der Waals surface area (Å²) in [5, 5.41) is 3.25. The van der Waals surface area contributed by atoms with Gasteiger partial charge in [-0.25, -0.2) is 0 Å². The van der Waals surface area contributed by atoms with E-state index in [1.807, 2.05) is 24.3 Å². The van der Waals surface area contributed by atoms with Crippen LogP contribution in [-0.4, -0.2) is 18.8 Å². The predicted octanol–water partition coefficient (Wildman–Crippen LogP) is 3.66. The first-order valence-electron chi connectivity index (χ1n) is 6.21. The van der Waals surface area contributed by atoms with Crippen molar-refractivity contribution < 1.29 is 9.53 Å². The van der Waals surface area contributed by atoms with Crippen LogP contribution in [0.3, 0.4) is 0 Å². The van der Waals surface area contributed by atoms with Crippen LogP contribution in [0.15, 0.2) is 47.4 Å². The van der Waals surface area contributed by atoms with Gasteiger partial charge in [-0.15, -0.1) is 11.8 Å². The van der Waals surface area contributed by atoms with Gasteiger partial charge in [0.1, 0.15) is 5.75 Å². The number of amides is 1. The van der Waals surface area contributed by atoms with E-state index in [0.29, 0.717) is 16.4 Å². The molecule has 0 aliphatic rings. The molecule has 2 aromatic rings. The number of nitrogens with one attached hydrogen (secondary N) is 1. The van der Waals surface area contributed by atoms with Gasteiger partial charge < -0.3 is 15.8 Å². The molecule has 0 fully saturated rings. The van der Waals surface area contributed by atoms with Gasteiger partial charge in [0.05, 0.1) is 23.6 Å². The summed E-state index contributed by atoms with van der Waals surface area (Å²) in [4.78, 5) is 12.9. The Labute approximate surface area is 132 Å². The number of hydrogen-bond acceptors (Lipinski definition) is 4. The number of benzene rings is 2. The Kier molecular flexibility index (Phi) is 5.36. The van der Waals surface area contributed by atoms with Crippen molar-refractivity contribution in [2.45, 2.75) is 4.90 Å². The smallest absolute Gasteiger partial charge is 0.234 e. The standard InChI is InChI=1S/C15H15ClN2O2S/c1-20-13-4-2-3-5-14(13)21-9-15(19)18-10-6-7-11(16)12(17)8-10/h2-8H,9,17H2,1H3,(H,18,19). The Bertz CT molecular complexity index is 649. The molecule has 0 aromatic heterocycles. The van der Waals surface area contributed by atoms with Crippen molar-refractivity contribution in [2.75, 3.05) is 23.9 Å². The molecule has 0 saturated heterocycles. The largest absolute Gasteiger partial charge is 0.496 e. The van der Waals surface area contributed by atoms with Gasteiger partial charge in [0.25, 0.3) is 0 Å². The molecule has 3 N–H and O–H groups in total. The van der Waals surface area contributed by atoms with Gasteiger partial charge >= 0.3 is 0 Å². The van der Waals surface area contributed by atoms with Gasteiger partial charge in [0.15, 0.2) is 0 Å². The van der Waals surface area contributed by atoms with E-state index < -0.39 is 0 Å². The monoisotopic (exact) mass is 322 g/mol. The number of para-hydroxylation sites is 1. The van der Waals surface area contributed by atoms with Crippen molar-refractivity contribution in [2.24, 2.45) is 0 Å². The van der Waals surface area contributed by atoms with E-state index in [1.54, 1.807) is 25.3 Å². The van der Waals surface area contributed by atoms with Gasteiger partial charge in [-0.3, -0.25) is 4.79 Å². The first-order chi connectivity index (χ1) is 10.1. The van der Waals surface area contributed by atoms with Gasteiger partial charge in [0, 0.05) is 10.6 Å². The van der Waals surface area contributed by atoms with E-state index in [9.17, 15) is 4.79 Å². The molecule has 0 radical (unpaired) electrons. The molecule has 0 aliphatic carbocycles. The first-order valence-corrected chi connectivity index (χ1v) is 7.57. The molecule has 0 heterocycles. The van der Waals surface area contributed by atoms with E-state index in [4.69, 9.17) is 22.1 Å². The van der Waals surface area contributed by atoms with E-state index in [0.717, 1.165) is 10.6 Å². The zero-order chi connectivity index (χ0) is 15.2. The SMILES string of the molecule is COc1ccccc1SCC(=O)Nc1ccc(Cl)c(N)c1. The van der Waals surface area contributed by atoms with E-state index in [1.165, 1.54) is 11.8 Å². The molecule has 0 spiro atoms. The number of halogens is 1. The second kappa shape index (κ2) is 7.24. The van der Waals surface area contributed by atoms with Crippen LogP contribution in [0.25, 0.3) is 0 Å². The quantitative estimate of drug-likeness (QED) is 0.651. The molecule has 0 atom stereocenters. The second-order valence-electron chi connectivity index (χ2n) is 4.22. The molecule has 6 heteroatoms. The zero-order valence-corrected chi connectivity index (χ0v) is 13.0. The summed E-state index contributed by atoms with van der Waals surface area (Å²) in [5.74, 6) is 0.918. The Hall–Kier alpha value is -1.85. The van der Waals surface area contributed by atoms with Crippen LogP contribution < -0.4 is 15.8 Å². The van der Waals surface area contributed by atoms with Crippen molar-refractivity contribution >= 4 is 40.6 Å². The van der Waals surface area contributed by atoms with Gasteiger partial charge in [-0.05, 0) is 30.3 Å². The number of methoxy groups -OCH3 is 1. The van der Waals surface area contributed by atoms with Crippen molar-refractivity contribution in [3.8, 4) is 5.75 Å². The summed E-state index contributed by atoms with van der Waals surface area (Å²) in [6.45, 7) is 0. The van der Waals surface area contributed by atoms with E-state index in [-0.39, 0.29) is 11.7 Å². The van der Waals surface area contributed by atoms with E-state index in [2.05, 4.69) is 5.32 Å². The fraction of sp³-hybridized carbons (Fsp3) is 0.133. The van der Waals surface area contributed by atoms with Crippen molar-refractivity contribution in [1.29, 1.82) is 0 Å². The Morgan fingerprint density at radius 2 is 2.10 bits per heavy atom. The summed E-state index contributed by atoms with van der Waals surface area (Å²) in [6.07, 6.45) is 0. The minimum Gasteiger partial charge on any atom is -0.496 e. The van der Waals surface area contributed by atoms with Crippen LogP contribution in [0.5, 0.6) is 5.75 Å². The van der Waals surface area contributed by atoms with E-state index >= 15 is 0 Å². The lowest BCUT2D eigenvalue weighted by atomic mass is 10.3. The Balaban J connectivity index is 1.94. The predicted molar refractivity (Wildman–Crippen MR) is 88.2 cm³/mol. The Morgan fingerprint density at radius 3 is 2.81 bits per heavy atom. The molecule has 0 aliphatic heterocycles. The van der Waals surface area contributed by atoms with Crippen LogP contribution in [0, 0.1) is 0 Å². The highest BCUT2D eigenvalue weighted by Crippen LogP contribution is 2.29. The normalized spacial score (nSPS) is 10.2. The number of nitrogens with two attached hydrogens (primary N) is 1. The third kappa shape index (κ3) is 4.31. The van der Waals surface area contributed by atoms with Gasteiger partial charge in [-0.1, -0.05) is 23.7 Å². The molecular weight excluding hydrogens is 308 g/mol. The van der Waals surface area contributed by atoms with Gasteiger partial charge in [-0.2, -0.15) is 0 Å². The topological polar surface area (TPSA) is 64.3 Å². The van der Waals surface area contributed by atoms with Crippen LogP contribution >= 0.6 is 23.4 Å². The maximum absolute atomic E-state index is 11.9. The molecule has 110 valence electrons. The van der Waals surface area contributed by atoms with Crippen LogP contribution in [-0.2, 0) is 4.79 Å². The molecule has 4 nitrogen and oxygen atoms in total. The number of ether oxygens (including phenoxy) is 1. The maximum atomic E-state index is 11.9. The third-order valence-corrected chi connectivity index (χ3v) is 4.11. The Morgan fingerprint density at radius 1 is 1.33 bits per heavy atom. The number of hydrogen-bond donors (Lipinski definition) is 2.